The summed E-state index contributed by atoms with van der Waals surface area (Å²) >= 11 is 0. The van der Waals surface area contributed by atoms with E-state index in [9.17, 15) is 4.79 Å². The molecule has 0 aliphatic carbocycles. The molecule has 3 heterocycles. The quantitative estimate of drug-likeness (QED) is 0.595. The first-order valence-corrected chi connectivity index (χ1v) is 4.69. The van der Waals surface area contributed by atoms with Crippen LogP contribution in [0, 0.1) is 0 Å². The van der Waals surface area contributed by atoms with Crippen molar-refractivity contribution in [3.8, 4) is 0 Å². The third-order valence-electron chi connectivity index (χ3n) is 2.62. The zero-order valence-electron chi connectivity index (χ0n) is 8.19. The van der Waals surface area contributed by atoms with Gasteiger partial charge in [-0.3, -0.25) is 4.79 Å². The Morgan fingerprint density at radius 2 is 2.20 bits per heavy atom. The monoisotopic (exact) mass is 199 g/mol. The topological polar surface area (TPSA) is 50.7 Å². The van der Waals surface area contributed by atoms with Crippen LogP contribution in [0.4, 0.5) is 0 Å². The van der Waals surface area contributed by atoms with E-state index < -0.39 is 0 Å². The Bertz CT molecular complexity index is 708. The van der Waals surface area contributed by atoms with Crippen LogP contribution in [0.3, 0.4) is 0 Å². The summed E-state index contributed by atoms with van der Waals surface area (Å²) in [5, 5.41) is 1.93. The second-order valence-corrected chi connectivity index (χ2v) is 3.54. The number of H-pyrrole nitrogens is 1. The molecule has 74 valence electrons. The van der Waals surface area contributed by atoms with Crippen molar-refractivity contribution in [2.75, 3.05) is 0 Å². The van der Waals surface area contributed by atoms with Gasteiger partial charge in [-0.15, -0.1) is 0 Å². The maximum atomic E-state index is 11.8. The van der Waals surface area contributed by atoms with Crippen molar-refractivity contribution >= 4 is 21.9 Å². The zero-order chi connectivity index (χ0) is 10.4. The van der Waals surface area contributed by atoms with Crippen LogP contribution in [0.15, 0.2) is 35.4 Å². The Hall–Kier alpha value is -2.10. The molecule has 3 rings (SSSR count). The van der Waals surface area contributed by atoms with Crippen LogP contribution in [0.25, 0.3) is 21.9 Å². The van der Waals surface area contributed by atoms with Gasteiger partial charge in [0.1, 0.15) is 11.2 Å². The summed E-state index contributed by atoms with van der Waals surface area (Å²) in [4.78, 5) is 18.7. The molecule has 4 nitrogen and oxygen atoms in total. The maximum Gasteiger partial charge on any atom is 0.274 e. The summed E-state index contributed by atoms with van der Waals surface area (Å²) in [6.45, 7) is 0. The van der Waals surface area contributed by atoms with Crippen molar-refractivity contribution in [3.63, 3.8) is 0 Å². The third kappa shape index (κ3) is 1.01. The molecular weight excluding hydrogens is 190 g/mol. The van der Waals surface area contributed by atoms with Gasteiger partial charge in [0.05, 0.1) is 0 Å². The number of aromatic nitrogens is 3. The Kier molecular flexibility index (Phi) is 1.48. The second kappa shape index (κ2) is 2.70. The van der Waals surface area contributed by atoms with E-state index in [0.717, 1.165) is 10.8 Å². The van der Waals surface area contributed by atoms with Crippen molar-refractivity contribution in [3.05, 3.63) is 40.9 Å². The van der Waals surface area contributed by atoms with E-state index in [1.54, 1.807) is 6.20 Å². The molecule has 0 fully saturated rings. The Morgan fingerprint density at radius 1 is 1.33 bits per heavy atom. The Labute approximate surface area is 85.2 Å². The lowest BCUT2D eigenvalue weighted by Gasteiger charge is -1.99. The Morgan fingerprint density at radius 3 is 3.07 bits per heavy atom. The number of hydrogen-bond acceptors (Lipinski definition) is 2. The van der Waals surface area contributed by atoms with Gasteiger partial charge in [0.2, 0.25) is 0 Å². The molecule has 0 aliphatic rings. The van der Waals surface area contributed by atoms with Crippen LogP contribution >= 0.6 is 0 Å². The first kappa shape index (κ1) is 8.23. The second-order valence-electron chi connectivity index (χ2n) is 3.54. The van der Waals surface area contributed by atoms with Crippen LogP contribution in [0.5, 0.6) is 0 Å². The summed E-state index contributed by atoms with van der Waals surface area (Å²) in [6, 6.07) is 5.77. The normalized spacial score (nSPS) is 11.3. The number of hydrogen-bond donors (Lipinski definition) is 1. The van der Waals surface area contributed by atoms with E-state index in [1.165, 1.54) is 0 Å². The molecule has 3 aromatic rings. The van der Waals surface area contributed by atoms with E-state index in [4.69, 9.17) is 0 Å². The van der Waals surface area contributed by atoms with E-state index >= 15 is 0 Å². The van der Waals surface area contributed by atoms with E-state index in [2.05, 4.69) is 9.97 Å². The van der Waals surface area contributed by atoms with Gasteiger partial charge in [-0.05, 0) is 18.2 Å². The molecule has 4 heteroatoms. The number of aryl methyl sites for hydroxylation is 1. The highest BCUT2D eigenvalue weighted by Crippen LogP contribution is 2.19. The molecular formula is C11H9N3O. The van der Waals surface area contributed by atoms with Gasteiger partial charge in [0.15, 0.2) is 0 Å². The van der Waals surface area contributed by atoms with Gasteiger partial charge in [-0.25, -0.2) is 4.98 Å². The number of rotatable bonds is 0. The number of nitrogens with zero attached hydrogens (tertiary/aromatic N) is 2. The fourth-order valence-electron chi connectivity index (χ4n) is 1.92. The maximum absolute atomic E-state index is 11.8. The van der Waals surface area contributed by atoms with Crippen molar-refractivity contribution < 1.29 is 0 Å². The van der Waals surface area contributed by atoms with Crippen LogP contribution in [0.2, 0.25) is 0 Å². The number of fused-ring (bicyclic) bond motifs is 3. The molecule has 0 atom stereocenters. The average Bonchev–Trinajstić information content (AvgIpc) is 2.62. The van der Waals surface area contributed by atoms with Gasteiger partial charge in [-0.1, -0.05) is 0 Å². The molecule has 1 N–H and O–H groups in total. The highest BCUT2D eigenvalue weighted by Gasteiger charge is 2.07. The lowest BCUT2D eigenvalue weighted by Crippen LogP contribution is -2.09. The van der Waals surface area contributed by atoms with Crippen LogP contribution in [-0.2, 0) is 7.05 Å². The Balaban J connectivity index is 2.71. The summed E-state index contributed by atoms with van der Waals surface area (Å²) in [5.41, 5.74) is 1.24. The summed E-state index contributed by atoms with van der Waals surface area (Å²) in [6.07, 6.45) is 3.55. The van der Waals surface area contributed by atoms with Gasteiger partial charge < -0.3 is 9.55 Å². The van der Waals surface area contributed by atoms with Crippen LogP contribution in [0.1, 0.15) is 0 Å². The molecule has 3 aromatic heterocycles. The van der Waals surface area contributed by atoms with Crippen molar-refractivity contribution in [1.29, 1.82) is 0 Å². The van der Waals surface area contributed by atoms with E-state index in [1.807, 2.05) is 36.0 Å². The number of pyridine rings is 2. The van der Waals surface area contributed by atoms with Gasteiger partial charge in [-0.2, -0.15) is 0 Å². The first-order valence-electron chi connectivity index (χ1n) is 4.69. The average molecular weight is 199 g/mol. The molecule has 0 unspecified atom stereocenters. The van der Waals surface area contributed by atoms with Gasteiger partial charge in [0.25, 0.3) is 5.56 Å². The fourth-order valence-corrected chi connectivity index (χ4v) is 1.92. The summed E-state index contributed by atoms with van der Waals surface area (Å²) in [5.74, 6) is 0. The first-order chi connectivity index (χ1) is 7.27. The highest BCUT2D eigenvalue weighted by molar-refractivity contribution is 6.02. The fraction of sp³-hybridized carbons (Fsp3) is 0.0909. The molecule has 15 heavy (non-hydrogen) atoms. The molecule has 0 aromatic carbocycles. The molecule has 0 saturated heterocycles. The van der Waals surface area contributed by atoms with Crippen molar-refractivity contribution in [1.82, 2.24) is 14.5 Å². The highest BCUT2D eigenvalue weighted by atomic mass is 16.1. The zero-order valence-corrected chi connectivity index (χ0v) is 8.19. The van der Waals surface area contributed by atoms with Gasteiger partial charge in [0, 0.05) is 30.2 Å². The molecule has 0 spiro atoms. The van der Waals surface area contributed by atoms with Crippen molar-refractivity contribution in [2.24, 2.45) is 7.05 Å². The summed E-state index contributed by atoms with van der Waals surface area (Å²) < 4.78 is 1.82. The summed E-state index contributed by atoms with van der Waals surface area (Å²) in [7, 11) is 1.86. The number of nitrogens with one attached hydrogen (secondary N) is 1. The van der Waals surface area contributed by atoms with Crippen LogP contribution < -0.4 is 5.56 Å². The SMILES string of the molecule is Cn1ccc2c3cccnc3[nH]c(=O)c21. The third-order valence-corrected chi connectivity index (χ3v) is 2.62. The standard InChI is InChI=1S/C11H9N3O/c1-14-6-4-7-8-3-2-5-12-10(8)13-11(15)9(7)14/h2-6H,1H3,(H,12,13,15). The lowest BCUT2D eigenvalue weighted by molar-refractivity contribution is 0.959. The minimum absolute atomic E-state index is 0.0938. The molecule has 0 bridgehead atoms. The molecule has 0 radical (unpaired) electrons. The lowest BCUT2D eigenvalue weighted by atomic mass is 10.2. The largest absolute Gasteiger partial charge is 0.346 e. The molecule has 0 aliphatic heterocycles. The minimum Gasteiger partial charge on any atom is -0.346 e. The smallest absolute Gasteiger partial charge is 0.274 e. The van der Waals surface area contributed by atoms with E-state index in [-0.39, 0.29) is 5.56 Å². The van der Waals surface area contributed by atoms with E-state index in [0.29, 0.717) is 11.2 Å². The van der Waals surface area contributed by atoms with Gasteiger partial charge >= 0.3 is 0 Å². The predicted molar refractivity (Wildman–Crippen MR) is 58.8 cm³/mol. The predicted octanol–water partition coefficient (Wildman–Crippen LogP) is 1.41. The van der Waals surface area contributed by atoms with Crippen LogP contribution in [-0.4, -0.2) is 14.5 Å². The number of aromatic amines is 1. The molecule has 0 saturated carbocycles. The molecule has 0 amide bonds. The minimum atomic E-state index is -0.0938. The van der Waals surface area contributed by atoms with Crippen molar-refractivity contribution in [2.45, 2.75) is 0 Å².